The SMILES string of the molecule is COC(=O)c1nccc(NCC(N)C(C)O)n1. The van der Waals surface area contributed by atoms with E-state index in [1.165, 1.54) is 13.3 Å². The van der Waals surface area contributed by atoms with Crippen molar-refractivity contribution in [3.8, 4) is 0 Å². The minimum absolute atomic E-state index is 0.0249. The second kappa shape index (κ2) is 6.12. The molecular formula is C10H16N4O3. The molecule has 1 rings (SSSR count). The molecule has 2 atom stereocenters. The summed E-state index contributed by atoms with van der Waals surface area (Å²) in [5, 5.41) is 12.1. The van der Waals surface area contributed by atoms with E-state index in [0.717, 1.165) is 0 Å². The normalized spacial score (nSPS) is 13.9. The van der Waals surface area contributed by atoms with E-state index in [9.17, 15) is 9.90 Å². The first-order valence-corrected chi connectivity index (χ1v) is 5.13. The number of methoxy groups -OCH3 is 1. The lowest BCUT2D eigenvalue weighted by molar-refractivity contribution is 0.0587. The summed E-state index contributed by atoms with van der Waals surface area (Å²) in [6.45, 7) is 1.95. The number of nitrogens with zero attached hydrogens (tertiary/aromatic N) is 2. The highest BCUT2D eigenvalue weighted by atomic mass is 16.5. The Morgan fingerprint density at radius 3 is 3.00 bits per heavy atom. The smallest absolute Gasteiger partial charge is 0.376 e. The summed E-state index contributed by atoms with van der Waals surface area (Å²) in [6.07, 6.45) is 0.819. The molecule has 2 unspecified atom stereocenters. The first-order valence-electron chi connectivity index (χ1n) is 5.13. The van der Waals surface area contributed by atoms with Gasteiger partial charge in [0.2, 0.25) is 5.82 Å². The number of hydrogen-bond donors (Lipinski definition) is 3. The number of carbonyl (C=O) groups excluding carboxylic acids is 1. The molecule has 0 aliphatic rings. The van der Waals surface area contributed by atoms with Crippen molar-refractivity contribution in [2.24, 2.45) is 5.73 Å². The average molecular weight is 240 g/mol. The van der Waals surface area contributed by atoms with Crippen LogP contribution in [-0.2, 0) is 4.74 Å². The van der Waals surface area contributed by atoms with E-state index in [1.54, 1.807) is 13.0 Å². The lowest BCUT2D eigenvalue weighted by Gasteiger charge is -2.15. The van der Waals surface area contributed by atoms with Gasteiger partial charge in [-0.1, -0.05) is 0 Å². The van der Waals surface area contributed by atoms with Crippen LogP contribution < -0.4 is 11.1 Å². The number of esters is 1. The number of aromatic nitrogens is 2. The number of nitrogens with one attached hydrogen (secondary N) is 1. The second-order valence-corrected chi connectivity index (χ2v) is 3.54. The van der Waals surface area contributed by atoms with Gasteiger partial charge < -0.3 is 20.9 Å². The van der Waals surface area contributed by atoms with Crippen LogP contribution in [-0.4, -0.2) is 46.8 Å². The maximum absolute atomic E-state index is 11.2. The third-order valence-electron chi connectivity index (χ3n) is 2.16. The highest BCUT2D eigenvalue weighted by molar-refractivity contribution is 5.85. The van der Waals surface area contributed by atoms with Crippen LogP contribution in [0.4, 0.5) is 5.82 Å². The molecule has 0 aromatic carbocycles. The van der Waals surface area contributed by atoms with Crippen LogP contribution in [0.2, 0.25) is 0 Å². The molecule has 0 amide bonds. The summed E-state index contributed by atoms with van der Waals surface area (Å²) in [5.74, 6) is -0.173. The van der Waals surface area contributed by atoms with E-state index in [-0.39, 0.29) is 5.82 Å². The number of anilines is 1. The third-order valence-corrected chi connectivity index (χ3v) is 2.16. The molecule has 17 heavy (non-hydrogen) atoms. The predicted molar refractivity (Wildman–Crippen MR) is 61.5 cm³/mol. The second-order valence-electron chi connectivity index (χ2n) is 3.54. The van der Waals surface area contributed by atoms with Crippen LogP contribution in [0.5, 0.6) is 0 Å². The van der Waals surface area contributed by atoms with Crippen molar-refractivity contribution < 1.29 is 14.6 Å². The molecule has 7 heteroatoms. The van der Waals surface area contributed by atoms with Crippen LogP contribution in [0, 0.1) is 0 Å². The van der Waals surface area contributed by atoms with Crippen molar-refractivity contribution in [1.82, 2.24) is 9.97 Å². The summed E-state index contributed by atoms with van der Waals surface area (Å²) in [4.78, 5) is 18.9. The molecule has 0 bridgehead atoms. The van der Waals surface area contributed by atoms with Crippen molar-refractivity contribution in [2.45, 2.75) is 19.1 Å². The number of carbonyl (C=O) groups is 1. The van der Waals surface area contributed by atoms with Gasteiger partial charge in [0, 0.05) is 18.8 Å². The van der Waals surface area contributed by atoms with Gasteiger partial charge in [0.25, 0.3) is 0 Å². The van der Waals surface area contributed by atoms with E-state index < -0.39 is 18.1 Å². The first kappa shape index (κ1) is 13.3. The molecule has 0 aliphatic heterocycles. The zero-order valence-corrected chi connectivity index (χ0v) is 9.75. The third kappa shape index (κ3) is 3.97. The van der Waals surface area contributed by atoms with Gasteiger partial charge in [-0.3, -0.25) is 0 Å². The van der Waals surface area contributed by atoms with Crippen LogP contribution in [0.25, 0.3) is 0 Å². The predicted octanol–water partition coefficient (Wildman–Crippen LogP) is -0.617. The Kier molecular flexibility index (Phi) is 4.80. The maximum atomic E-state index is 11.2. The van der Waals surface area contributed by atoms with Crippen LogP contribution >= 0.6 is 0 Å². The summed E-state index contributed by atoms with van der Waals surface area (Å²) in [6, 6.07) is 1.19. The summed E-state index contributed by atoms with van der Waals surface area (Å²) < 4.78 is 4.50. The maximum Gasteiger partial charge on any atom is 0.376 e. The van der Waals surface area contributed by atoms with Crippen molar-refractivity contribution in [2.75, 3.05) is 19.0 Å². The van der Waals surface area contributed by atoms with Crippen molar-refractivity contribution in [1.29, 1.82) is 0 Å². The largest absolute Gasteiger partial charge is 0.463 e. The number of ether oxygens (including phenoxy) is 1. The van der Waals surface area contributed by atoms with E-state index in [1.807, 2.05) is 0 Å². The number of aliphatic hydroxyl groups is 1. The monoisotopic (exact) mass is 240 g/mol. The van der Waals surface area contributed by atoms with Crippen LogP contribution in [0.15, 0.2) is 12.3 Å². The number of hydrogen-bond acceptors (Lipinski definition) is 7. The van der Waals surface area contributed by atoms with Crippen LogP contribution in [0.3, 0.4) is 0 Å². The van der Waals surface area contributed by atoms with E-state index in [0.29, 0.717) is 12.4 Å². The first-order chi connectivity index (χ1) is 8.04. The van der Waals surface area contributed by atoms with Gasteiger partial charge in [0.05, 0.1) is 13.2 Å². The standard InChI is InChI=1S/C10H16N4O3/c1-6(15)7(11)5-13-8-3-4-12-9(14-8)10(16)17-2/h3-4,6-7,15H,5,11H2,1-2H3,(H,12,13,14). The zero-order chi connectivity index (χ0) is 12.8. The number of aliphatic hydroxyl groups excluding tert-OH is 1. The Balaban J connectivity index is 2.63. The molecule has 1 aromatic rings. The molecule has 1 aromatic heterocycles. The Hall–Kier alpha value is -1.73. The van der Waals surface area contributed by atoms with Crippen molar-refractivity contribution >= 4 is 11.8 Å². The number of rotatable bonds is 5. The van der Waals surface area contributed by atoms with Gasteiger partial charge in [-0.15, -0.1) is 0 Å². The molecule has 0 fully saturated rings. The fourth-order valence-electron chi connectivity index (χ4n) is 1.04. The van der Waals surface area contributed by atoms with E-state index >= 15 is 0 Å². The molecule has 7 nitrogen and oxygen atoms in total. The van der Waals surface area contributed by atoms with E-state index in [2.05, 4.69) is 20.0 Å². The molecular weight excluding hydrogens is 224 g/mol. The Bertz CT molecular complexity index is 384. The minimum atomic E-state index is -0.621. The lowest BCUT2D eigenvalue weighted by atomic mass is 10.2. The van der Waals surface area contributed by atoms with E-state index in [4.69, 9.17) is 5.73 Å². The molecule has 0 aliphatic carbocycles. The summed E-state index contributed by atoms with van der Waals surface area (Å²) in [7, 11) is 1.26. The lowest BCUT2D eigenvalue weighted by Crippen LogP contribution is -2.38. The Labute approximate surface area is 99.0 Å². The summed E-state index contributed by atoms with van der Waals surface area (Å²) >= 11 is 0. The quantitative estimate of drug-likeness (QED) is 0.588. The van der Waals surface area contributed by atoms with Crippen molar-refractivity contribution in [3.63, 3.8) is 0 Å². The minimum Gasteiger partial charge on any atom is -0.463 e. The topological polar surface area (TPSA) is 110 Å². The Morgan fingerprint density at radius 1 is 1.71 bits per heavy atom. The van der Waals surface area contributed by atoms with Gasteiger partial charge in [0.15, 0.2) is 0 Å². The number of nitrogens with two attached hydrogens (primary N) is 1. The zero-order valence-electron chi connectivity index (χ0n) is 9.75. The molecule has 1 heterocycles. The highest BCUT2D eigenvalue weighted by Crippen LogP contribution is 2.03. The van der Waals surface area contributed by atoms with Gasteiger partial charge in [0.1, 0.15) is 5.82 Å². The van der Waals surface area contributed by atoms with Crippen LogP contribution in [0.1, 0.15) is 17.5 Å². The highest BCUT2D eigenvalue weighted by Gasteiger charge is 2.11. The molecule has 94 valence electrons. The van der Waals surface area contributed by atoms with Gasteiger partial charge in [-0.25, -0.2) is 14.8 Å². The molecule has 0 spiro atoms. The van der Waals surface area contributed by atoms with Gasteiger partial charge in [-0.2, -0.15) is 0 Å². The Morgan fingerprint density at radius 2 is 2.41 bits per heavy atom. The fourth-order valence-corrected chi connectivity index (χ4v) is 1.04. The molecule has 0 saturated heterocycles. The van der Waals surface area contributed by atoms with Gasteiger partial charge >= 0.3 is 5.97 Å². The van der Waals surface area contributed by atoms with Crippen molar-refractivity contribution in [3.05, 3.63) is 18.1 Å². The molecule has 0 radical (unpaired) electrons. The molecule has 4 N–H and O–H groups in total. The average Bonchev–Trinajstić information content (AvgIpc) is 2.35. The summed E-state index contributed by atoms with van der Waals surface area (Å²) in [5.41, 5.74) is 5.64. The molecule has 0 saturated carbocycles. The fraction of sp³-hybridized carbons (Fsp3) is 0.500. The van der Waals surface area contributed by atoms with Gasteiger partial charge in [-0.05, 0) is 13.0 Å².